The molecule has 0 bridgehead atoms. The van der Waals surface area contributed by atoms with Crippen molar-refractivity contribution in [1.29, 1.82) is 0 Å². The topological polar surface area (TPSA) is 46.5 Å². The highest BCUT2D eigenvalue weighted by molar-refractivity contribution is 5.66. The molecular formula is C13H17FO3. The Labute approximate surface area is 100 Å². The first-order valence-electron chi connectivity index (χ1n) is 5.65. The highest BCUT2D eigenvalue weighted by Gasteiger charge is 2.09. The first-order valence-corrected chi connectivity index (χ1v) is 5.65. The van der Waals surface area contributed by atoms with Crippen LogP contribution in [0.15, 0.2) is 12.1 Å². The molecule has 0 unspecified atom stereocenters. The molecule has 1 aromatic rings. The highest BCUT2D eigenvalue weighted by Crippen LogP contribution is 2.24. The third-order valence-corrected chi connectivity index (χ3v) is 2.67. The molecule has 0 radical (unpaired) electrons. The van der Waals surface area contributed by atoms with Crippen LogP contribution in [0.4, 0.5) is 4.39 Å². The van der Waals surface area contributed by atoms with Gasteiger partial charge in [0.25, 0.3) is 0 Å². The van der Waals surface area contributed by atoms with Crippen LogP contribution in [-0.4, -0.2) is 18.2 Å². The molecule has 0 fully saturated rings. The van der Waals surface area contributed by atoms with Crippen molar-refractivity contribution in [3.05, 3.63) is 29.1 Å². The van der Waals surface area contributed by atoms with E-state index in [0.29, 0.717) is 30.6 Å². The van der Waals surface area contributed by atoms with Crippen LogP contribution in [0.25, 0.3) is 0 Å². The van der Waals surface area contributed by atoms with Crippen molar-refractivity contribution in [2.45, 2.75) is 32.6 Å². The summed E-state index contributed by atoms with van der Waals surface area (Å²) < 4.78 is 18.6. The molecule has 1 aromatic carbocycles. The molecule has 0 aliphatic heterocycles. The minimum atomic E-state index is -0.818. The Balaban J connectivity index is 2.84. The van der Waals surface area contributed by atoms with E-state index in [9.17, 15) is 9.18 Å². The zero-order valence-electron chi connectivity index (χ0n) is 10.1. The van der Waals surface area contributed by atoms with Crippen molar-refractivity contribution in [3.8, 4) is 5.75 Å². The Morgan fingerprint density at radius 1 is 1.41 bits per heavy atom. The number of aryl methyl sites for hydroxylation is 2. The fourth-order valence-corrected chi connectivity index (χ4v) is 1.74. The number of hydrogen-bond donors (Lipinski definition) is 1. The van der Waals surface area contributed by atoms with Crippen LogP contribution in [-0.2, 0) is 17.6 Å². The maximum Gasteiger partial charge on any atom is 0.303 e. The number of carboxylic acid groups (broad SMARTS) is 1. The summed E-state index contributed by atoms with van der Waals surface area (Å²) in [5.74, 6) is -0.599. The molecule has 0 saturated carbocycles. The maximum atomic E-state index is 13.5. The van der Waals surface area contributed by atoms with Crippen LogP contribution in [0.3, 0.4) is 0 Å². The Kier molecular flexibility index (Phi) is 4.94. The first kappa shape index (κ1) is 13.5. The van der Waals surface area contributed by atoms with Gasteiger partial charge in [-0.2, -0.15) is 0 Å². The molecule has 0 heterocycles. The van der Waals surface area contributed by atoms with Gasteiger partial charge in [-0.3, -0.25) is 4.79 Å². The lowest BCUT2D eigenvalue weighted by atomic mass is 10.0. The maximum absolute atomic E-state index is 13.5. The van der Waals surface area contributed by atoms with Gasteiger partial charge in [0.15, 0.2) is 0 Å². The summed E-state index contributed by atoms with van der Waals surface area (Å²) in [7, 11) is 1.49. The van der Waals surface area contributed by atoms with Gasteiger partial charge in [-0.1, -0.05) is 6.92 Å². The minimum Gasteiger partial charge on any atom is -0.496 e. The fraction of sp³-hybridized carbons (Fsp3) is 0.462. The van der Waals surface area contributed by atoms with E-state index >= 15 is 0 Å². The smallest absolute Gasteiger partial charge is 0.303 e. The lowest BCUT2D eigenvalue weighted by Crippen LogP contribution is -2.00. The van der Waals surface area contributed by atoms with Gasteiger partial charge >= 0.3 is 5.97 Å². The fourth-order valence-electron chi connectivity index (χ4n) is 1.74. The van der Waals surface area contributed by atoms with Gasteiger partial charge in [0, 0.05) is 12.5 Å². The number of methoxy groups -OCH3 is 1. The van der Waals surface area contributed by atoms with Gasteiger partial charge in [-0.15, -0.1) is 0 Å². The van der Waals surface area contributed by atoms with E-state index in [0.717, 1.165) is 5.56 Å². The highest BCUT2D eigenvalue weighted by atomic mass is 19.1. The van der Waals surface area contributed by atoms with E-state index in [1.54, 1.807) is 6.07 Å². The standard InChI is InChI=1S/C13H17FO3/c1-3-9-7-10(5-4-6-13(15)16)12(17-2)8-11(9)14/h7-8H,3-6H2,1-2H3,(H,15,16). The van der Waals surface area contributed by atoms with E-state index in [1.165, 1.54) is 13.2 Å². The lowest BCUT2D eigenvalue weighted by molar-refractivity contribution is -0.137. The lowest BCUT2D eigenvalue weighted by Gasteiger charge is -2.10. The second-order valence-electron chi connectivity index (χ2n) is 3.86. The molecule has 0 aliphatic carbocycles. The van der Waals surface area contributed by atoms with Gasteiger partial charge in [0.1, 0.15) is 11.6 Å². The average Bonchev–Trinajstić information content (AvgIpc) is 2.30. The predicted molar refractivity (Wildman–Crippen MR) is 62.9 cm³/mol. The van der Waals surface area contributed by atoms with E-state index in [-0.39, 0.29) is 12.2 Å². The molecule has 0 saturated heterocycles. The number of aliphatic carboxylic acids is 1. The summed E-state index contributed by atoms with van der Waals surface area (Å²) >= 11 is 0. The van der Waals surface area contributed by atoms with Gasteiger partial charge in [0.2, 0.25) is 0 Å². The monoisotopic (exact) mass is 240 g/mol. The molecule has 94 valence electrons. The molecule has 3 nitrogen and oxygen atoms in total. The van der Waals surface area contributed by atoms with Crippen molar-refractivity contribution < 1.29 is 19.0 Å². The number of rotatable bonds is 6. The molecule has 4 heteroatoms. The predicted octanol–water partition coefficient (Wildman–Crippen LogP) is 2.80. The minimum absolute atomic E-state index is 0.113. The van der Waals surface area contributed by atoms with Gasteiger partial charge in [-0.05, 0) is 36.5 Å². The first-order chi connectivity index (χ1) is 8.08. The van der Waals surface area contributed by atoms with E-state index in [1.807, 2.05) is 6.92 Å². The molecule has 0 atom stereocenters. The molecule has 0 amide bonds. The number of carboxylic acids is 1. The van der Waals surface area contributed by atoms with Gasteiger partial charge in [-0.25, -0.2) is 4.39 Å². The third-order valence-electron chi connectivity index (χ3n) is 2.67. The summed E-state index contributed by atoms with van der Waals surface area (Å²) in [6.07, 6.45) is 1.84. The molecule has 17 heavy (non-hydrogen) atoms. The van der Waals surface area contributed by atoms with Crippen molar-refractivity contribution in [2.24, 2.45) is 0 Å². The summed E-state index contributed by atoms with van der Waals surface area (Å²) in [5.41, 5.74) is 1.50. The Morgan fingerprint density at radius 3 is 2.65 bits per heavy atom. The van der Waals surface area contributed by atoms with Crippen LogP contribution in [0.5, 0.6) is 5.75 Å². The summed E-state index contributed by atoms with van der Waals surface area (Å²) in [5, 5.41) is 8.57. The molecule has 1 N–H and O–H groups in total. The van der Waals surface area contributed by atoms with Crippen LogP contribution in [0, 0.1) is 5.82 Å². The molecule has 0 spiro atoms. The van der Waals surface area contributed by atoms with Crippen molar-refractivity contribution >= 4 is 5.97 Å². The molecule has 1 rings (SSSR count). The van der Waals surface area contributed by atoms with Crippen molar-refractivity contribution in [2.75, 3.05) is 7.11 Å². The summed E-state index contributed by atoms with van der Waals surface area (Å²) in [6, 6.07) is 3.13. The number of hydrogen-bond acceptors (Lipinski definition) is 2. The van der Waals surface area contributed by atoms with E-state index in [2.05, 4.69) is 0 Å². The number of halogens is 1. The summed E-state index contributed by atoms with van der Waals surface area (Å²) in [6.45, 7) is 1.88. The van der Waals surface area contributed by atoms with E-state index < -0.39 is 5.97 Å². The Hall–Kier alpha value is -1.58. The van der Waals surface area contributed by atoms with Gasteiger partial charge < -0.3 is 9.84 Å². The molecule has 0 aliphatic rings. The van der Waals surface area contributed by atoms with Crippen LogP contribution < -0.4 is 4.74 Å². The third kappa shape index (κ3) is 3.73. The number of carbonyl (C=O) groups is 1. The van der Waals surface area contributed by atoms with Crippen molar-refractivity contribution in [1.82, 2.24) is 0 Å². The van der Waals surface area contributed by atoms with E-state index in [4.69, 9.17) is 9.84 Å². The number of ether oxygens (including phenoxy) is 1. The second kappa shape index (κ2) is 6.23. The largest absolute Gasteiger partial charge is 0.496 e. The zero-order valence-corrected chi connectivity index (χ0v) is 10.1. The zero-order chi connectivity index (χ0) is 12.8. The van der Waals surface area contributed by atoms with Crippen LogP contribution in [0.2, 0.25) is 0 Å². The van der Waals surface area contributed by atoms with Gasteiger partial charge in [0.05, 0.1) is 7.11 Å². The quantitative estimate of drug-likeness (QED) is 0.831. The second-order valence-corrected chi connectivity index (χ2v) is 3.86. The number of benzene rings is 1. The normalized spacial score (nSPS) is 10.3. The Morgan fingerprint density at radius 2 is 2.12 bits per heavy atom. The Bertz CT molecular complexity index is 402. The van der Waals surface area contributed by atoms with Crippen LogP contribution >= 0.6 is 0 Å². The average molecular weight is 240 g/mol. The molecular weight excluding hydrogens is 223 g/mol. The SMILES string of the molecule is CCc1cc(CCCC(=O)O)c(OC)cc1F. The van der Waals surface area contributed by atoms with Crippen LogP contribution in [0.1, 0.15) is 30.9 Å². The summed E-state index contributed by atoms with van der Waals surface area (Å²) in [4.78, 5) is 10.4. The molecule has 0 aromatic heterocycles. The van der Waals surface area contributed by atoms with Crippen molar-refractivity contribution in [3.63, 3.8) is 0 Å².